The number of ether oxygens (including phenoxy) is 1. The lowest BCUT2D eigenvalue weighted by Gasteiger charge is -2.25. The first-order valence-electron chi connectivity index (χ1n) is 9.23. The van der Waals surface area contributed by atoms with Gasteiger partial charge in [0.15, 0.2) is 5.96 Å². The second kappa shape index (κ2) is 11.6. The molecule has 2 aromatic rings. The Kier molecular flexibility index (Phi) is 9.82. The van der Waals surface area contributed by atoms with Gasteiger partial charge in [0.05, 0.1) is 26.3 Å². The molecule has 0 aliphatic carbocycles. The predicted octanol–water partition coefficient (Wildman–Crippen LogP) is 3.01. The number of hydrogen-bond donors (Lipinski definition) is 2. The zero-order valence-electron chi connectivity index (χ0n) is 16.5. The van der Waals surface area contributed by atoms with Crippen LogP contribution >= 0.6 is 46.7 Å². The Morgan fingerprint density at radius 2 is 1.86 bits per heavy atom. The Labute approximate surface area is 197 Å². The van der Waals surface area contributed by atoms with Crippen LogP contribution in [0.3, 0.4) is 0 Å². The van der Waals surface area contributed by atoms with E-state index in [1.807, 2.05) is 13.0 Å². The van der Waals surface area contributed by atoms with Crippen LogP contribution in [-0.2, 0) is 27.8 Å². The molecule has 0 atom stereocenters. The number of rotatable bonds is 7. The number of sulfonamides is 1. The summed E-state index contributed by atoms with van der Waals surface area (Å²) in [5, 5.41) is 6.51. The standard InChI is InChI=1S/C18H26N4O3S3.HI/c1-3-19-18(20-12-15-5-4-14(2)26-15)21-13-16-6-7-17(27-16)28(23,24)22-8-10-25-11-9-22;/h4-7H,3,8-13H2,1-2H3,(H2,19,20,21);1H. The summed E-state index contributed by atoms with van der Waals surface area (Å²) in [6.45, 7) is 7.73. The van der Waals surface area contributed by atoms with E-state index >= 15 is 0 Å². The van der Waals surface area contributed by atoms with Crippen LogP contribution in [0.25, 0.3) is 0 Å². The summed E-state index contributed by atoms with van der Waals surface area (Å²) in [5.74, 6) is 0.722. The van der Waals surface area contributed by atoms with Crippen molar-refractivity contribution >= 4 is 62.6 Å². The molecule has 0 bridgehead atoms. The molecule has 0 radical (unpaired) electrons. The summed E-state index contributed by atoms with van der Waals surface area (Å²) in [7, 11) is -3.43. The van der Waals surface area contributed by atoms with Crippen LogP contribution in [0.15, 0.2) is 33.5 Å². The first kappa shape index (κ1) is 24.5. The van der Waals surface area contributed by atoms with E-state index in [2.05, 4.69) is 34.7 Å². The van der Waals surface area contributed by atoms with Gasteiger partial charge in [-0.05, 0) is 38.1 Å². The number of hydrogen-bond acceptors (Lipinski definition) is 6. The highest BCUT2D eigenvalue weighted by molar-refractivity contribution is 14.0. The van der Waals surface area contributed by atoms with Crippen molar-refractivity contribution < 1.29 is 13.2 Å². The normalized spacial score (nSPS) is 15.7. The maximum Gasteiger partial charge on any atom is 0.252 e. The highest BCUT2D eigenvalue weighted by Crippen LogP contribution is 2.25. The van der Waals surface area contributed by atoms with E-state index < -0.39 is 10.0 Å². The fourth-order valence-corrected chi connectivity index (χ4v) is 6.42. The minimum absolute atomic E-state index is 0. The predicted molar refractivity (Wildman–Crippen MR) is 130 cm³/mol. The largest absolute Gasteiger partial charge is 0.379 e. The van der Waals surface area contributed by atoms with Crippen LogP contribution in [0, 0.1) is 6.92 Å². The van der Waals surface area contributed by atoms with Gasteiger partial charge in [0.2, 0.25) is 0 Å². The van der Waals surface area contributed by atoms with Crippen LogP contribution in [0.4, 0.5) is 0 Å². The van der Waals surface area contributed by atoms with Gasteiger partial charge >= 0.3 is 0 Å². The Balaban J connectivity index is 0.00000300. The van der Waals surface area contributed by atoms with Gasteiger partial charge in [-0.3, -0.25) is 0 Å². The first-order chi connectivity index (χ1) is 13.5. The van der Waals surface area contributed by atoms with Gasteiger partial charge in [0.25, 0.3) is 10.0 Å². The Morgan fingerprint density at radius 3 is 2.52 bits per heavy atom. The summed E-state index contributed by atoms with van der Waals surface area (Å²) >= 11 is 3.04. The van der Waals surface area contributed by atoms with Crippen LogP contribution in [0.2, 0.25) is 0 Å². The van der Waals surface area contributed by atoms with Crippen molar-refractivity contribution in [2.24, 2.45) is 4.99 Å². The number of morpholine rings is 1. The quantitative estimate of drug-likeness (QED) is 0.304. The average molecular weight is 571 g/mol. The number of guanidine groups is 1. The Bertz CT molecular complexity index is 905. The van der Waals surface area contributed by atoms with Gasteiger partial charge in [-0.25, -0.2) is 13.4 Å². The van der Waals surface area contributed by atoms with Crippen LogP contribution in [-0.4, -0.2) is 51.5 Å². The van der Waals surface area contributed by atoms with Crippen LogP contribution in [0.1, 0.15) is 21.6 Å². The molecular weight excluding hydrogens is 543 g/mol. The molecule has 11 heteroatoms. The summed E-state index contributed by atoms with van der Waals surface area (Å²) < 4.78 is 32.6. The maximum atomic E-state index is 12.7. The summed E-state index contributed by atoms with van der Waals surface area (Å²) in [5.41, 5.74) is 0. The molecule has 3 rings (SSSR count). The number of aryl methyl sites for hydroxylation is 1. The molecule has 1 saturated heterocycles. The highest BCUT2D eigenvalue weighted by Gasteiger charge is 2.27. The van der Waals surface area contributed by atoms with Crippen molar-refractivity contribution in [1.29, 1.82) is 0 Å². The fraction of sp³-hybridized carbons (Fsp3) is 0.500. The third-order valence-corrected chi connectivity index (χ3v) is 8.60. The molecule has 1 aliphatic heterocycles. The Morgan fingerprint density at radius 1 is 1.14 bits per heavy atom. The molecule has 7 nitrogen and oxygen atoms in total. The van der Waals surface area contributed by atoms with E-state index in [-0.39, 0.29) is 24.0 Å². The van der Waals surface area contributed by atoms with E-state index in [1.165, 1.54) is 25.4 Å². The Hall–Kier alpha value is -0.730. The number of nitrogens with zero attached hydrogens (tertiary/aromatic N) is 2. The number of aliphatic imine (C=N–C) groups is 1. The van der Waals surface area contributed by atoms with E-state index in [0.717, 1.165) is 17.4 Å². The smallest absolute Gasteiger partial charge is 0.252 e. The third kappa shape index (κ3) is 6.89. The van der Waals surface area contributed by atoms with Crippen molar-refractivity contribution in [2.75, 3.05) is 32.8 Å². The molecule has 29 heavy (non-hydrogen) atoms. The van der Waals surface area contributed by atoms with E-state index in [4.69, 9.17) is 4.74 Å². The van der Waals surface area contributed by atoms with Crippen molar-refractivity contribution in [3.8, 4) is 0 Å². The van der Waals surface area contributed by atoms with Crippen molar-refractivity contribution in [3.63, 3.8) is 0 Å². The van der Waals surface area contributed by atoms with Crippen molar-refractivity contribution in [1.82, 2.24) is 14.9 Å². The summed E-state index contributed by atoms with van der Waals surface area (Å²) in [6.07, 6.45) is 0. The monoisotopic (exact) mass is 570 g/mol. The second-order valence-corrected chi connectivity index (χ2v) is 11.0. The van der Waals surface area contributed by atoms with Gasteiger partial charge in [-0.2, -0.15) is 4.31 Å². The van der Waals surface area contributed by atoms with Gasteiger partial charge in [0, 0.05) is 34.3 Å². The lowest BCUT2D eigenvalue weighted by atomic mass is 10.4. The molecule has 0 aromatic carbocycles. The molecule has 3 heterocycles. The zero-order chi connectivity index (χ0) is 20.0. The number of nitrogens with one attached hydrogen (secondary N) is 2. The average Bonchev–Trinajstić information content (AvgIpc) is 3.34. The highest BCUT2D eigenvalue weighted by atomic mass is 127. The minimum Gasteiger partial charge on any atom is -0.379 e. The van der Waals surface area contributed by atoms with Gasteiger partial charge in [0.1, 0.15) is 4.21 Å². The molecule has 0 amide bonds. The van der Waals surface area contributed by atoms with Crippen molar-refractivity contribution in [3.05, 3.63) is 38.9 Å². The SMILES string of the molecule is CCNC(=NCc1ccc(C)s1)NCc1ccc(S(=O)(=O)N2CCOCC2)s1.I. The topological polar surface area (TPSA) is 83.0 Å². The van der Waals surface area contributed by atoms with E-state index in [9.17, 15) is 8.42 Å². The molecule has 0 unspecified atom stereocenters. The van der Waals surface area contributed by atoms with Crippen LogP contribution < -0.4 is 10.6 Å². The van der Waals surface area contributed by atoms with Gasteiger partial charge in [-0.15, -0.1) is 46.7 Å². The van der Waals surface area contributed by atoms with Gasteiger partial charge in [-0.1, -0.05) is 0 Å². The zero-order valence-corrected chi connectivity index (χ0v) is 21.3. The van der Waals surface area contributed by atoms with Crippen molar-refractivity contribution in [2.45, 2.75) is 31.1 Å². The van der Waals surface area contributed by atoms with E-state index in [1.54, 1.807) is 17.4 Å². The lowest BCUT2D eigenvalue weighted by molar-refractivity contribution is 0.0731. The molecule has 1 fully saturated rings. The fourth-order valence-electron chi connectivity index (χ4n) is 2.75. The maximum absolute atomic E-state index is 12.7. The lowest BCUT2D eigenvalue weighted by Crippen LogP contribution is -2.40. The molecule has 1 aliphatic rings. The van der Waals surface area contributed by atoms with Gasteiger partial charge < -0.3 is 15.4 Å². The molecular formula is C18H27IN4O3S3. The first-order valence-corrected chi connectivity index (χ1v) is 12.3. The molecule has 2 aromatic heterocycles. The van der Waals surface area contributed by atoms with E-state index in [0.29, 0.717) is 43.6 Å². The number of thiophene rings is 2. The molecule has 162 valence electrons. The van der Waals surface area contributed by atoms with Crippen LogP contribution in [0.5, 0.6) is 0 Å². The second-order valence-electron chi connectivity index (χ2n) is 6.30. The third-order valence-electron chi connectivity index (χ3n) is 4.16. The molecule has 0 spiro atoms. The summed E-state index contributed by atoms with van der Waals surface area (Å²) in [6, 6.07) is 7.73. The number of halogens is 1. The molecule has 2 N–H and O–H groups in total. The summed E-state index contributed by atoms with van der Waals surface area (Å²) in [4.78, 5) is 8.05. The minimum atomic E-state index is -3.43. The molecule has 0 saturated carbocycles.